The predicted molar refractivity (Wildman–Crippen MR) is 109 cm³/mol. The van der Waals surface area contributed by atoms with Crippen molar-refractivity contribution >= 4 is 11.9 Å². The standard InChI is InChI=1S/C23H27NO5/c25-21(26)9-5-14-28-19-12-10-17(11-13-19)16-24-23(27)20-8-4-15-29-22(20)18-6-2-1-3-7-18/h1-3,6-7,10-13,20,22H,4-5,8-9,14-16H2,(H,24,27)(H,25,26). The molecule has 1 heterocycles. The van der Waals surface area contributed by atoms with E-state index in [4.69, 9.17) is 14.6 Å². The monoisotopic (exact) mass is 397 g/mol. The van der Waals surface area contributed by atoms with Gasteiger partial charge in [0.05, 0.1) is 18.6 Å². The highest BCUT2D eigenvalue weighted by atomic mass is 16.5. The van der Waals surface area contributed by atoms with Crippen LogP contribution >= 0.6 is 0 Å². The van der Waals surface area contributed by atoms with Gasteiger partial charge in [0.2, 0.25) is 5.91 Å². The Morgan fingerprint density at radius 2 is 1.86 bits per heavy atom. The molecule has 0 aliphatic carbocycles. The van der Waals surface area contributed by atoms with Gasteiger partial charge in [-0.3, -0.25) is 9.59 Å². The molecule has 2 unspecified atom stereocenters. The van der Waals surface area contributed by atoms with E-state index in [1.54, 1.807) is 0 Å². The fraction of sp³-hybridized carbons (Fsp3) is 0.391. The minimum atomic E-state index is -0.822. The van der Waals surface area contributed by atoms with Crippen LogP contribution in [0.5, 0.6) is 5.75 Å². The van der Waals surface area contributed by atoms with Crippen molar-refractivity contribution in [3.63, 3.8) is 0 Å². The molecular formula is C23H27NO5. The summed E-state index contributed by atoms with van der Waals surface area (Å²) in [5.74, 6) is -0.316. The number of ether oxygens (including phenoxy) is 2. The zero-order valence-corrected chi connectivity index (χ0v) is 16.4. The lowest BCUT2D eigenvalue weighted by atomic mass is 9.88. The Labute approximate surface area is 170 Å². The van der Waals surface area contributed by atoms with Gasteiger partial charge in [0, 0.05) is 19.6 Å². The maximum Gasteiger partial charge on any atom is 0.303 e. The molecule has 0 spiro atoms. The van der Waals surface area contributed by atoms with Crippen LogP contribution in [0.1, 0.15) is 42.9 Å². The quantitative estimate of drug-likeness (QED) is 0.630. The third kappa shape index (κ3) is 6.32. The SMILES string of the molecule is O=C(O)CCCOc1ccc(CNC(=O)C2CCCOC2c2ccccc2)cc1. The highest BCUT2D eigenvalue weighted by molar-refractivity contribution is 5.79. The van der Waals surface area contributed by atoms with Crippen LogP contribution in [-0.2, 0) is 20.9 Å². The number of benzene rings is 2. The van der Waals surface area contributed by atoms with Gasteiger partial charge in [0.1, 0.15) is 5.75 Å². The van der Waals surface area contributed by atoms with E-state index in [1.807, 2.05) is 54.6 Å². The number of amides is 1. The van der Waals surface area contributed by atoms with Crippen molar-refractivity contribution in [3.05, 3.63) is 65.7 Å². The fourth-order valence-electron chi connectivity index (χ4n) is 3.46. The lowest BCUT2D eigenvalue weighted by molar-refractivity contribution is -0.137. The van der Waals surface area contributed by atoms with Gasteiger partial charge in [-0.15, -0.1) is 0 Å². The number of carboxylic acid groups (broad SMARTS) is 1. The van der Waals surface area contributed by atoms with Crippen LogP contribution in [0.4, 0.5) is 0 Å². The van der Waals surface area contributed by atoms with Gasteiger partial charge >= 0.3 is 5.97 Å². The number of nitrogens with one attached hydrogen (secondary N) is 1. The van der Waals surface area contributed by atoms with Gasteiger partial charge in [0.25, 0.3) is 0 Å². The van der Waals surface area contributed by atoms with Crippen molar-refractivity contribution in [2.24, 2.45) is 5.92 Å². The summed E-state index contributed by atoms with van der Waals surface area (Å²) in [6.45, 7) is 1.48. The van der Waals surface area contributed by atoms with Crippen molar-refractivity contribution < 1.29 is 24.2 Å². The first kappa shape index (κ1) is 20.9. The molecule has 1 saturated heterocycles. The van der Waals surface area contributed by atoms with Crippen molar-refractivity contribution in [2.45, 2.75) is 38.3 Å². The van der Waals surface area contributed by atoms with Crippen molar-refractivity contribution in [2.75, 3.05) is 13.2 Å². The largest absolute Gasteiger partial charge is 0.494 e. The number of rotatable bonds is 9. The van der Waals surface area contributed by atoms with Crippen LogP contribution in [0, 0.1) is 5.92 Å². The lowest BCUT2D eigenvalue weighted by Crippen LogP contribution is -2.37. The molecule has 1 fully saturated rings. The number of aliphatic carboxylic acids is 1. The zero-order chi connectivity index (χ0) is 20.5. The molecular weight excluding hydrogens is 370 g/mol. The number of hydrogen-bond acceptors (Lipinski definition) is 4. The first-order valence-corrected chi connectivity index (χ1v) is 10.0. The van der Waals surface area contributed by atoms with Gasteiger partial charge in [-0.05, 0) is 42.5 Å². The molecule has 154 valence electrons. The molecule has 2 atom stereocenters. The third-order valence-corrected chi connectivity index (χ3v) is 4.98. The van der Waals surface area contributed by atoms with E-state index in [1.165, 1.54) is 0 Å². The molecule has 6 heteroatoms. The number of carboxylic acids is 1. The number of carbonyl (C=O) groups excluding carboxylic acids is 1. The average Bonchev–Trinajstić information content (AvgIpc) is 2.76. The van der Waals surface area contributed by atoms with Crippen molar-refractivity contribution in [1.29, 1.82) is 0 Å². The maximum atomic E-state index is 12.8. The molecule has 3 rings (SSSR count). The van der Waals surface area contributed by atoms with Gasteiger partial charge in [0.15, 0.2) is 0 Å². The molecule has 2 N–H and O–H groups in total. The molecule has 1 amide bonds. The van der Waals surface area contributed by atoms with E-state index in [9.17, 15) is 9.59 Å². The summed E-state index contributed by atoms with van der Waals surface area (Å²) in [7, 11) is 0. The first-order chi connectivity index (χ1) is 14.1. The normalized spacial score (nSPS) is 18.8. The van der Waals surface area contributed by atoms with E-state index in [0.717, 1.165) is 24.0 Å². The average molecular weight is 397 g/mol. The molecule has 0 saturated carbocycles. The van der Waals surface area contributed by atoms with Crippen LogP contribution in [-0.4, -0.2) is 30.2 Å². The summed E-state index contributed by atoms with van der Waals surface area (Å²) in [4.78, 5) is 23.3. The van der Waals surface area contributed by atoms with Crippen molar-refractivity contribution in [1.82, 2.24) is 5.32 Å². The Bertz CT molecular complexity index is 791. The highest BCUT2D eigenvalue weighted by Gasteiger charge is 2.32. The molecule has 6 nitrogen and oxygen atoms in total. The summed E-state index contributed by atoms with van der Waals surface area (Å²) in [6, 6.07) is 17.4. The Morgan fingerprint density at radius 1 is 1.10 bits per heavy atom. The molecule has 2 aromatic rings. The Balaban J connectivity index is 1.49. The highest BCUT2D eigenvalue weighted by Crippen LogP contribution is 2.33. The summed E-state index contributed by atoms with van der Waals surface area (Å²) < 4.78 is 11.4. The second kappa shape index (κ2) is 10.6. The second-order valence-corrected chi connectivity index (χ2v) is 7.16. The topological polar surface area (TPSA) is 84.9 Å². The Hall–Kier alpha value is -2.86. The maximum absolute atomic E-state index is 12.8. The number of hydrogen-bond donors (Lipinski definition) is 2. The van der Waals surface area contributed by atoms with Gasteiger partial charge < -0.3 is 19.9 Å². The predicted octanol–water partition coefficient (Wildman–Crippen LogP) is 3.71. The summed E-state index contributed by atoms with van der Waals surface area (Å²) >= 11 is 0. The second-order valence-electron chi connectivity index (χ2n) is 7.16. The van der Waals surface area contributed by atoms with Crippen LogP contribution in [0.2, 0.25) is 0 Å². The van der Waals surface area contributed by atoms with Gasteiger partial charge in [-0.25, -0.2) is 0 Å². The summed E-state index contributed by atoms with van der Waals surface area (Å²) in [6.07, 6.45) is 2.06. The third-order valence-electron chi connectivity index (χ3n) is 4.98. The summed E-state index contributed by atoms with van der Waals surface area (Å²) in [5, 5.41) is 11.7. The Morgan fingerprint density at radius 3 is 2.59 bits per heavy atom. The van der Waals surface area contributed by atoms with E-state index in [-0.39, 0.29) is 24.3 Å². The molecule has 0 aromatic heterocycles. The smallest absolute Gasteiger partial charge is 0.303 e. The van der Waals surface area contributed by atoms with E-state index >= 15 is 0 Å². The molecule has 1 aliphatic heterocycles. The first-order valence-electron chi connectivity index (χ1n) is 10.0. The minimum Gasteiger partial charge on any atom is -0.494 e. The minimum absolute atomic E-state index is 0.00699. The van der Waals surface area contributed by atoms with Crippen LogP contribution in [0.25, 0.3) is 0 Å². The molecule has 0 radical (unpaired) electrons. The Kier molecular flexibility index (Phi) is 7.64. The van der Waals surface area contributed by atoms with Crippen LogP contribution in [0.3, 0.4) is 0 Å². The van der Waals surface area contributed by atoms with Crippen LogP contribution < -0.4 is 10.1 Å². The van der Waals surface area contributed by atoms with E-state index in [0.29, 0.717) is 31.9 Å². The lowest BCUT2D eigenvalue weighted by Gasteiger charge is -2.31. The molecule has 2 aromatic carbocycles. The van der Waals surface area contributed by atoms with E-state index in [2.05, 4.69) is 5.32 Å². The zero-order valence-electron chi connectivity index (χ0n) is 16.4. The fourth-order valence-corrected chi connectivity index (χ4v) is 3.46. The van der Waals surface area contributed by atoms with Crippen molar-refractivity contribution in [3.8, 4) is 5.75 Å². The number of carbonyl (C=O) groups is 2. The molecule has 0 bridgehead atoms. The van der Waals surface area contributed by atoms with Gasteiger partial charge in [-0.1, -0.05) is 42.5 Å². The molecule has 1 aliphatic rings. The summed E-state index contributed by atoms with van der Waals surface area (Å²) in [5.41, 5.74) is 2.01. The van der Waals surface area contributed by atoms with E-state index < -0.39 is 5.97 Å². The van der Waals surface area contributed by atoms with Gasteiger partial charge in [-0.2, -0.15) is 0 Å². The van der Waals surface area contributed by atoms with Crippen LogP contribution in [0.15, 0.2) is 54.6 Å². The molecule has 29 heavy (non-hydrogen) atoms.